The summed E-state index contributed by atoms with van der Waals surface area (Å²) in [5.74, 6) is 0. The van der Waals surface area contributed by atoms with Gasteiger partial charge in [0.1, 0.15) is 5.69 Å². The molecule has 1 fully saturated rings. The van der Waals surface area contributed by atoms with Gasteiger partial charge in [0.05, 0.1) is 30.6 Å². The molecular formula is C18H17Cl3N4O4S. The van der Waals surface area contributed by atoms with Crippen LogP contribution in [-0.4, -0.2) is 36.4 Å². The van der Waals surface area contributed by atoms with Crippen LogP contribution in [0.3, 0.4) is 0 Å². The Bertz CT molecular complexity index is 1130. The smallest absolute Gasteiger partial charge is 0.271 e. The van der Waals surface area contributed by atoms with Gasteiger partial charge in [-0.3, -0.25) is 15.5 Å². The van der Waals surface area contributed by atoms with E-state index in [9.17, 15) is 18.5 Å². The Hall–Kier alpha value is -1.91. The van der Waals surface area contributed by atoms with Crippen LogP contribution in [0.2, 0.25) is 15.1 Å². The summed E-state index contributed by atoms with van der Waals surface area (Å²) in [6.07, 6.45) is 1.54. The van der Waals surface area contributed by atoms with Gasteiger partial charge < -0.3 is 0 Å². The molecular weight excluding hydrogens is 475 g/mol. The van der Waals surface area contributed by atoms with Crippen molar-refractivity contribution >= 4 is 61.9 Å². The van der Waals surface area contributed by atoms with Crippen LogP contribution in [0.15, 0.2) is 40.3 Å². The summed E-state index contributed by atoms with van der Waals surface area (Å²) in [5, 5.41) is 16.3. The second-order valence-corrected chi connectivity index (χ2v) is 9.68. The third-order valence-electron chi connectivity index (χ3n) is 4.64. The van der Waals surface area contributed by atoms with Crippen LogP contribution in [0.4, 0.5) is 11.4 Å². The van der Waals surface area contributed by atoms with E-state index < -0.39 is 20.6 Å². The second-order valence-electron chi connectivity index (χ2n) is 6.58. The van der Waals surface area contributed by atoms with Crippen molar-refractivity contribution in [3.63, 3.8) is 0 Å². The maximum Gasteiger partial charge on any atom is 0.295 e. The Balaban J connectivity index is 1.92. The first-order valence-electron chi connectivity index (χ1n) is 8.85. The predicted octanol–water partition coefficient (Wildman–Crippen LogP) is 5.18. The van der Waals surface area contributed by atoms with Crippen LogP contribution >= 0.6 is 34.8 Å². The molecule has 1 N–H and O–H groups in total. The molecule has 3 rings (SSSR count). The number of nitrogens with one attached hydrogen (secondary N) is 1. The van der Waals surface area contributed by atoms with E-state index in [1.54, 1.807) is 19.1 Å². The third-order valence-corrected chi connectivity index (χ3v) is 7.83. The van der Waals surface area contributed by atoms with E-state index in [-0.39, 0.29) is 25.7 Å². The Labute approximate surface area is 188 Å². The second kappa shape index (κ2) is 9.07. The maximum atomic E-state index is 12.7. The highest BCUT2D eigenvalue weighted by Crippen LogP contribution is 2.34. The van der Waals surface area contributed by atoms with E-state index in [2.05, 4.69) is 10.5 Å². The average molecular weight is 492 g/mol. The standard InChI is InChI=1S/C18H17Cl3N4O4S/c1-11(13-5-6-14(19)18(21)17(13)20)22-23-15-7-4-12(10-16(15)25(26)27)30(28,29)24-8-2-3-9-24/h4-7,10,23H,2-3,8-9H2,1H3. The van der Waals surface area contributed by atoms with Gasteiger partial charge in [-0.15, -0.1) is 0 Å². The summed E-state index contributed by atoms with van der Waals surface area (Å²) < 4.78 is 26.7. The van der Waals surface area contributed by atoms with E-state index in [4.69, 9.17) is 34.8 Å². The third kappa shape index (κ3) is 4.55. The molecule has 1 aliphatic heterocycles. The minimum Gasteiger partial charge on any atom is -0.271 e. The number of nitrogens with zero attached hydrogens (tertiary/aromatic N) is 3. The Morgan fingerprint density at radius 1 is 1.13 bits per heavy atom. The molecule has 12 heteroatoms. The highest BCUT2D eigenvalue weighted by molar-refractivity contribution is 7.89. The lowest BCUT2D eigenvalue weighted by molar-refractivity contribution is -0.384. The van der Waals surface area contributed by atoms with E-state index >= 15 is 0 Å². The summed E-state index contributed by atoms with van der Waals surface area (Å²) in [4.78, 5) is 10.7. The molecule has 160 valence electrons. The summed E-state index contributed by atoms with van der Waals surface area (Å²) in [6, 6.07) is 6.85. The zero-order valence-electron chi connectivity index (χ0n) is 15.7. The summed E-state index contributed by atoms with van der Waals surface area (Å²) >= 11 is 18.1. The van der Waals surface area contributed by atoms with Gasteiger partial charge in [-0.2, -0.15) is 9.41 Å². The molecule has 0 atom stereocenters. The number of sulfonamides is 1. The van der Waals surface area contributed by atoms with Crippen LogP contribution < -0.4 is 5.43 Å². The van der Waals surface area contributed by atoms with E-state index in [1.807, 2.05) is 0 Å². The number of halogens is 3. The van der Waals surface area contributed by atoms with Crippen LogP contribution in [0, 0.1) is 10.1 Å². The topological polar surface area (TPSA) is 105 Å². The molecule has 2 aromatic carbocycles. The number of hydrazone groups is 1. The van der Waals surface area contributed by atoms with Gasteiger partial charge in [-0.05, 0) is 38.0 Å². The number of rotatable bonds is 6. The Morgan fingerprint density at radius 2 is 1.80 bits per heavy atom. The number of nitro groups is 1. The molecule has 0 aromatic heterocycles. The summed E-state index contributed by atoms with van der Waals surface area (Å²) in [5.41, 5.74) is 3.13. The molecule has 0 radical (unpaired) electrons. The van der Waals surface area contributed by atoms with Crippen LogP contribution in [-0.2, 0) is 10.0 Å². The monoisotopic (exact) mass is 490 g/mol. The highest BCUT2D eigenvalue weighted by Gasteiger charge is 2.29. The normalized spacial score (nSPS) is 15.4. The first-order valence-corrected chi connectivity index (χ1v) is 11.4. The molecule has 0 unspecified atom stereocenters. The van der Waals surface area contributed by atoms with Gasteiger partial charge in [0.15, 0.2) is 0 Å². The molecule has 1 heterocycles. The minimum absolute atomic E-state index is 0.0379. The van der Waals surface area contributed by atoms with Crippen LogP contribution in [0.1, 0.15) is 25.3 Å². The summed E-state index contributed by atoms with van der Waals surface area (Å²) in [7, 11) is -3.78. The van der Waals surface area contributed by atoms with Crippen molar-refractivity contribution in [3.05, 3.63) is 61.1 Å². The number of hydrogen-bond acceptors (Lipinski definition) is 6. The highest BCUT2D eigenvalue weighted by atomic mass is 35.5. The molecule has 8 nitrogen and oxygen atoms in total. The lowest BCUT2D eigenvalue weighted by Crippen LogP contribution is -2.27. The fourth-order valence-electron chi connectivity index (χ4n) is 3.00. The molecule has 0 amide bonds. The van der Waals surface area contributed by atoms with Crippen LogP contribution in [0.5, 0.6) is 0 Å². The first-order chi connectivity index (χ1) is 14.1. The van der Waals surface area contributed by atoms with E-state index in [0.29, 0.717) is 24.4 Å². The SMILES string of the molecule is CC(=NNc1ccc(S(=O)(=O)N2CCCC2)cc1[N+](=O)[O-])c1ccc(Cl)c(Cl)c1Cl. The van der Waals surface area contributed by atoms with Gasteiger partial charge in [0, 0.05) is 24.7 Å². The molecule has 0 saturated carbocycles. The number of hydrogen-bond donors (Lipinski definition) is 1. The number of benzene rings is 2. The first kappa shape index (κ1) is 22.8. The zero-order valence-corrected chi connectivity index (χ0v) is 18.8. The van der Waals surface area contributed by atoms with Crippen molar-refractivity contribution in [2.45, 2.75) is 24.7 Å². The lowest BCUT2D eigenvalue weighted by atomic mass is 10.1. The van der Waals surface area contributed by atoms with Gasteiger partial charge in [-0.25, -0.2) is 8.42 Å². The van der Waals surface area contributed by atoms with Gasteiger partial charge in [0.2, 0.25) is 10.0 Å². The lowest BCUT2D eigenvalue weighted by Gasteiger charge is -2.15. The Morgan fingerprint density at radius 3 is 2.43 bits per heavy atom. The molecule has 0 spiro atoms. The van der Waals surface area contributed by atoms with E-state index in [0.717, 1.165) is 18.9 Å². The van der Waals surface area contributed by atoms with Gasteiger partial charge in [-0.1, -0.05) is 40.9 Å². The van der Waals surface area contributed by atoms with Crippen molar-refractivity contribution in [2.24, 2.45) is 5.10 Å². The predicted molar refractivity (Wildman–Crippen MR) is 118 cm³/mol. The fourth-order valence-corrected chi connectivity index (χ4v) is 5.21. The molecule has 2 aromatic rings. The molecule has 1 saturated heterocycles. The number of anilines is 1. The van der Waals surface area contributed by atoms with E-state index in [1.165, 1.54) is 16.4 Å². The zero-order chi connectivity index (χ0) is 22.1. The minimum atomic E-state index is -3.78. The quantitative estimate of drug-likeness (QED) is 0.259. The van der Waals surface area contributed by atoms with Crippen molar-refractivity contribution in [2.75, 3.05) is 18.5 Å². The molecule has 1 aliphatic rings. The molecule has 0 aliphatic carbocycles. The van der Waals surface area contributed by atoms with Crippen molar-refractivity contribution in [1.82, 2.24) is 4.31 Å². The molecule has 0 bridgehead atoms. The molecule has 30 heavy (non-hydrogen) atoms. The van der Waals surface area contributed by atoms with Crippen molar-refractivity contribution in [3.8, 4) is 0 Å². The van der Waals surface area contributed by atoms with Crippen molar-refractivity contribution < 1.29 is 13.3 Å². The van der Waals surface area contributed by atoms with Gasteiger partial charge in [0.25, 0.3) is 5.69 Å². The summed E-state index contributed by atoms with van der Waals surface area (Å²) in [6.45, 7) is 2.45. The number of nitro benzene ring substituents is 1. The van der Waals surface area contributed by atoms with Crippen LogP contribution in [0.25, 0.3) is 0 Å². The van der Waals surface area contributed by atoms with Crippen molar-refractivity contribution in [1.29, 1.82) is 0 Å². The maximum absolute atomic E-state index is 12.7. The fraction of sp³-hybridized carbons (Fsp3) is 0.278. The Kier molecular flexibility index (Phi) is 6.88. The average Bonchev–Trinajstić information content (AvgIpc) is 3.26. The van der Waals surface area contributed by atoms with Gasteiger partial charge >= 0.3 is 0 Å². The largest absolute Gasteiger partial charge is 0.295 e.